The highest BCUT2D eigenvalue weighted by molar-refractivity contribution is 5.83. The lowest BCUT2D eigenvalue weighted by Gasteiger charge is -2.51. The number of amides is 1. The fraction of sp³-hybridized carbons (Fsp3) is 0.364. The summed E-state index contributed by atoms with van der Waals surface area (Å²) in [5, 5.41) is 19.4. The van der Waals surface area contributed by atoms with E-state index in [-0.39, 0.29) is 30.4 Å². The summed E-state index contributed by atoms with van der Waals surface area (Å²) in [6.45, 7) is -0.129. The number of methoxy groups -OCH3 is 1. The SMILES string of the molecule is COc1ccccc1-c1ccc([C@@H]2[C@@H](CO)N(C(=O)C3CC3)[C@H]2C#N)cc1. The zero-order valence-electron chi connectivity index (χ0n) is 15.2. The zero-order valence-corrected chi connectivity index (χ0v) is 15.2. The quantitative estimate of drug-likeness (QED) is 0.887. The first-order valence-electron chi connectivity index (χ1n) is 9.25. The van der Waals surface area contributed by atoms with Crippen LogP contribution in [0.15, 0.2) is 48.5 Å². The maximum Gasteiger partial charge on any atom is 0.227 e. The van der Waals surface area contributed by atoms with Crippen LogP contribution in [0, 0.1) is 17.2 Å². The molecular weight excluding hydrogens is 340 g/mol. The van der Waals surface area contributed by atoms with E-state index in [0.717, 1.165) is 35.3 Å². The molecule has 1 N–H and O–H groups in total. The Bertz CT molecular complexity index is 883. The molecule has 1 heterocycles. The number of carbonyl (C=O) groups excluding carboxylic acids is 1. The highest BCUT2D eigenvalue weighted by Gasteiger charge is 2.53. The second-order valence-electron chi connectivity index (χ2n) is 7.19. The van der Waals surface area contributed by atoms with Gasteiger partial charge in [-0.1, -0.05) is 42.5 Å². The van der Waals surface area contributed by atoms with Crippen LogP contribution in [0.1, 0.15) is 24.3 Å². The molecule has 1 saturated heterocycles. The lowest BCUT2D eigenvalue weighted by atomic mass is 9.75. The molecule has 27 heavy (non-hydrogen) atoms. The van der Waals surface area contributed by atoms with Gasteiger partial charge in [-0.2, -0.15) is 5.26 Å². The van der Waals surface area contributed by atoms with Crippen molar-refractivity contribution < 1.29 is 14.6 Å². The van der Waals surface area contributed by atoms with Gasteiger partial charge in [0.15, 0.2) is 0 Å². The Kier molecular flexibility index (Phi) is 4.59. The van der Waals surface area contributed by atoms with Crippen molar-refractivity contribution >= 4 is 5.91 Å². The van der Waals surface area contributed by atoms with E-state index in [1.165, 1.54) is 0 Å². The third-order valence-electron chi connectivity index (χ3n) is 5.63. The Balaban J connectivity index is 1.60. The number of hydrogen-bond donors (Lipinski definition) is 1. The smallest absolute Gasteiger partial charge is 0.227 e. The number of rotatable bonds is 5. The lowest BCUT2D eigenvalue weighted by Crippen LogP contribution is -2.65. The molecule has 2 aromatic carbocycles. The third kappa shape index (κ3) is 2.96. The van der Waals surface area contributed by atoms with Crippen molar-refractivity contribution in [3.63, 3.8) is 0 Å². The third-order valence-corrected chi connectivity index (χ3v) is 5.63. The van der Waals surface area contributed by atoms with Crippen molar-refractivity contribution in [1.82, 2.24) is 4.90 Å². The van der Waals surface area contributed by atoms with Gasteiger partial charge < -0.3 is 14.7 Å². The molecule has 2 fully saturated rings. The van der Waals surface area contributed by atoms with Gasteiger partial charge in [0.2, 0.25) is 5.91 Å². The molecule has 2 aliphatic rings. The van der Waals surface area contributed by atoms with E-state index < -0.39 is 6.04 Å². The summed E-state index contributed by atoms with van der Waals surface area (Å²) in [6, 6.07) is 17.2. The molecule has 5 heteroatoms. The van der Waals surface area contributed by atoms with Gasteiger partial charge >= 0.3 is 0 Å². The summed E-state index contributed by atoms with van der Waals surface area (Å²) in [6.07, 6.45) is 1.79. The van der Waals surface area contributed by atoms with Gasteiger partial charge in [-0.15, -0.1) is 0 Å². The first-order valence-corrected chi connectivity index (χ1v) is 9.25. The van der Waals surface area contributed by atoms with Crippen LogP contribution in [0.3, 0.4) is 0 Å². The van der Waals surface area contributed by atoms with Gasteiger partial charge in [0.25, 0.3) is 0 Å². The minimum absolute atomic E-state index is 0.0162. The number of para-hydroxylation sites is 1. The number of aliphatic hydroxyl groups is 1. The van der Waals surface area contributed by atoms with Gasteiger partial charge in [0, 0.05) is 17.4 Å². The van der Waals surface area contributed by atoms with E-state index in [1.807, 2.05) is 48.5 Å². The minimum Gasteiger partial charge on any atom is -0.496 e. The predicted octanol–water partition coefficient (Wildman–Crippen LogP) is 2.95. The maximum atomic E-state index is 12.5. The van der Waals surface area contributed by atoms with Crippen molar-refractivity contribution in [3.8, 4) is 22.9 Å². The van der Waals surface area contributed by atoms with E-state index in [0.29, 0.717) is 0 Å². The molecule has 3 atom stereocenters. The fourth-order valence-corrected chi connectivity index (χ4v) is 4.02. The summed E-state index contributed by atoms with van der Waals surface area (Å²) in [4.78, 5) is 14.1. The molecule has 1 amide bonds. The Morgan fingerprint density at radius 3 is 2.52 bits per heavy atom. The summed E-state index contributed by atoms with van der Waals surface area (Å²) in [7, 11) is 1.65. The Hall–Kier alpha value is -2.84. The first kappa shape index (κ1) is 17.6. The number of nitrogens with zero attached hydrogens (tertiary/aromatic N) is 2. The van der Waals surface area contributed by atoms with Crippen molar-refractivity contribution in [2.45, 2.75) is 30.8 Å². The molecule has 5 nitrogen and oxygen atoms in total. The van der Waals surface area contributed by atoms with Crippen LogP contribution in [-0.2, 0) is 4.79 Å². The van der Waals surface area contributed by atoms with E-state index >= 15 is 0 Å². The van der Waals surface area contributed by atoms with Crippen LogP contribution in [0.4, 0.5) is 0 Å². The molecule has 1 saturated carbocycles. The minimum atomic E-state index is -0.507. The summed E-state index contributed by atoms with van der Waals surface area (Å²) < 4.78 is 5.43. The first-order chi connectivity index (χ1) is 13.2. The van der Waals surface area contributed by atoms with Crippen LogP contribution in [0.25, 0.3) is 11.1 Å². The second-order valence-corrected chi connectivity index (χ2v) is 7.19. The van der Waals surface area contributed by atoms with Crippen molar-refractivity contribution in [2.75, 3.05) is 13.7 Å². The van der Waals surface area contributed by atoms with Gasteiger partial charge in [0.1, 0.15) is 11.8 Å². The van der Waals surface area contributed by atoms with Crippen LogP contribution < -0.4 is 4.74 Å². The van der Waals surface area contributed by atoms with Crippen LogP contribution in [0.2, 0.25) is 0 Å². The van der Waals surface area contributed by atoms with E-state index in [4.69, 9.17) is 4.74 Å². The highest BCUT2D eigenvalue weighted by Crippen LogP contribution is 2.44. The molecule has 0 unspecified atom stereocenters. The normalized spacial score (nSPS) is 24.0. The molecule has 0 spiro atoms. The van der Waals surface area contributed by atoms with Gasteiger partial charge in [-0.25, -0.2) is 0 Å². The molecule has 1 aliphatic heterocycles. The lowest BCUT2D eigenvalue weighted by molar-refractivity contribution is -0.148. The Labute approximate surface area is 158 Å². The number of hydrogen-bond acceptors (Lipinski definition) is 4. The Morgan fingerprint density at radius 2 is 1.93 bits per heavy atom. The molecular formula is C22H22N2O3. The van der Waals surface area contributed by atoms with Crippen molar-refractivity contribution in [2.24, 2.45) is 5.92 Å². The number of carbonyl (C=O) groups is 1. The standard InChI is InChI=1S/C22H22N2O3/c1-27-20-5-3-2-4-17(20)14-6-8-15(9-7-14)21-18(12-23)24(19(21)13-25)22(26)16-10-11-16/h2-9,16,18-19,21,25H,10-11,13H2,1H3/t18-,19+,21-/m0/s1. The number of nitriles is 1. The summed E-state index contributed by atoms with van der Waals surface area (Å²) in [5.74, 6) is 0.707. The van der Waals surface area contributed by atoms with E-state index in [2.05, 4.69) is 6.07 Å². The second kappa shape index (κ2) is 7.05. The maximum absolute atomic E-state index is 12.5. The molecule has 4 rings (SSSR count). The molecule has 0 radical (unpaired) electrons. The largest absolute Gasteiger partial charge is 0.496 e. The van der Waals surface area contributed by atoms with Crippen LogP contribution >= 0.6 is 0 Å². The monoisotopic (exact) mass is 362 g/mol. The zero-order chi connectivity index (χ0) is 19.0. The Morgan fingerprint density at radius 1 is 1.22 bits per heavy atom. The molecule has 0 bridgehead atoms. The van der Waals surface area contributed by atoms with Crippen molar-refractivity contribution in [1.29, 1.82) is 5.26 Å². The number of aliphatic hydroxyl groups excluding tert-OH is 1. The summed E-state index contributed by atoms with van der Waals surface area (Å²) in [5.41, 5.74) is 3.00. The van der Waals surface area contributed by atoms with E-state index in [9.17, 15) is 15.2 Å². The number of ether oxygens (including phenoxy) is 1. The topological polar surface area (TPSA) is 73.6 Å². The van der Waals surface area contributed by atoms with E-state index in [1.54, 1.807) is 12.0 Å². The average molecular weight is 362 g/mol. The highest BCUT2D eigenvalue weighted by atomic mass is 16.5. The number of benzene rings is 2. The van der Waals surface area contributed by atoms with Crippen LogP contribution in [0.5, 0.6) is 5.75 Å². The molecule has 2 aromatic rings. The molecule has 0 aromatic heterocycles. The summed E-state index contributed by atoms with van der Waals surface area (Å²) >= 11 is 0. The number of likely N-dealkylation sites (tertiary alicyclic amines) is 1. The van der Waals surface area contributed by atoms with Gasteiger partial charge in [-0.3, -0.25) is 4.79 Å². The van der Waals surface area contributed by atoms with Gasteiger partial charge in [0.05, 0.1) is 25.8 Å². The molecule has 138 valence electrons. The average Bonchev–Trinajstić information content (AvgIpc) is 3.53. The molecule has 1 aliphatic carbocycles. The predicted molar refractivity (Wildman–Crippen MR) is 101 cm³/mol. The van der Waals surface area contributed by atoms with Crippen LogP contribution in [-0.4, -0.2) is 41.7 Å². The van der Waals surface area contributed by atoms with Crippen molar-refractivity contribution in [3.05, 3.63) is 54.1 Å². The van der Waals surface area contributed by atoms with Gasteiger partial charge in [-0.05, 0) is 30.0 Å². The fourth-order valence-electron chi connectivity index (χ4n) is 4.02.